The Morgan fingerprint density at radius 3 is 2.56 bits per heavy atom. The Kier molecular flexibility index (Phi) is 2.59. The number of aryl methyl sites for hydroxylation is 2. The minimum Gasteiger partial charge on any atom is -0.324 e. The molecule has 88 valence electrons. The molecule has 2 N–H and O–H groups in total. The lowest BCUT2D eigenvalue weighted by Gasteiger charge is -2.29. The van der Waals surface area contributed by atoms with Gasteiger partial charge in [0.05, 0.1) is 10.6 Å². The summed E-state index contributed by atoms with van der Waals surface area (Å²) in [6, 6.07) is 3.64. The maximum absolute atomic E-state index is 12.1. The second kappa shape index (κ2) is 3.57. The van der Waals surface area contributed by atoms with Crippen LogP contribution in [0.15, 0.2) is 17.0 Å². The second-order valence-corrected chi connectivity index (χ2v) is 6.76. The van der Waals surface area contributed by atoms with Crippen molar-refractivity contribution < 1.29 is 8.42 Å². The average Bonchev–Trinajstić information content (AvgIpc) is 2.11. The van der Waals surface area contributed by atoms with Gasteiger partial charge in [0.15, 0.2) is 9.84 Å². The molecule has 1 aliphatic heterocycles. The summed E-state index contributed by atoms with van der Waals surface area (Å²) < 4.78 is 24.2. The maximum atomic E-state index is 12.1. The van der Waals surface area contributed by atoms with E-state index in [-0.39, 0.29) is 17.7 Å². The minimum atomic E-state index is -3.15. The first-order valence-corrected chi connectivity index (χ1v) is 7.07. The first-order chi connectivity index (χ1) is 7.33. The number of rotatable bonds is 0. The molecule has 0 saturated heterocycles. The number of sulfone groups is 1. The van der Waals surface area contributed by atoms with Crippen molar-refractivity contribution in [2.75, 3.05) is 5.75 Å². The molecule has 1 heterocycles. The van der Waals surface area contributed by atoms with E-state index in [0.717, 1.165) is 16.7 Å². The van der Waals surface area contributed by atoms with Gasteiger partial charge in [0.2, 0.25) is 0 Å². The van der Waals surface area contributed by atoms with Gasteiger partial charge in [0.1, 0.15) is 0 Å². The van der Waals surface area contributed by atoms with Gasteiger partial charge < -0.3 is 5.73 Å². The van der Waals surface area contributed by atoms with E-state index in [2.05, 4.69) is 0 Å². The molecule has 1 aromatic rings. The van der Waals surface area contributed by atoms with Crippen LogP contribution < -0.4 is 5.73 Å². The molecule has 2 unspecified atom stereocenters. The quantitative estimate of drug-likeness (QED) is 0.750. The van der Waals surface area contributed by atoms with Crippen LogP contribution in [0.25, 0.3) is 0 Å². The maximum Gasteiger partial charge on any atom is 0.179 e. The van der Waals surface area contributed by atoms with Crippen LogP contribution in [-0.2, 0) is 9.84 Å². The Hall–Kier alpha value is -0.870. The fourth-order valence-corrected chi connectivity index (χ4v) is 4.67. The summed E-state index contributed by atoms with van der Waals surface area (Å²) in [4.78, 5) is 0.462. The summed E-state index contributed by atoms with van der Waals surface area (Å²) in [5.41, 5.74) is 8.76. The molecular weight excluding hydrogens is 222 g/mol. The third-order valence-corrected chi connectivity index (χ3v) is 5.36. The smallest absolute Gasteiger partial charge is 0.179 e. The molecule has 0 amide bonds. The van der Waals surface area contributed by atoms with Crippen molar-refractivity contribution in [1.29, 1.82) is 0 Å². The summed E-state index contributed by atoms with van der Waals surface area (Å²) in [7, 11) is -3.15. The van der Waals surface area contributed by atoms with Crippen molar-refractivity contribution in [3.8, 4) is 0 Å². The lowest BCUT2D eigenvalue weighted by Crippen LogP contribution is -2.33. The molecule has 0 saturated carbocycles. The van der Waals surface area contributed by atoms with Crippen molar-refractivity contribution in [2.24, 2.45) is 11.7 Å². The van der Waals surface area contributed by atoms with Gasteiger partial charge in [-0.2, -0.15) is 0 Å². The third-order valence-electron chi connectivity index (χ3n) is 3.21. The summed E-state index contributed by atoms with van der Waals surface area (Å²) in [5, 5.41) is 0. The molecule has 4 heteroatoms. The van der Waals surface area contributed by atoms with Crippen LogP contribution in [0, 0.1) is 19.8 Å². The molecule has 1 aromatic carbocycles. The highest BCUT2D eigenvalue weighted by molar-refractivity contribution is 7.91. The Balaban J connectivity index is 2.79. The van der Waals surface area contributed by atoms with Gasteiger partial charge in [-0.1, -0.05) is 24.6 Å². The molecule has 0 spiro atoms. The van der Waals surface area contributed by atoms with Crippen molar-refractivity contribution in [3.05, 3.63) is 28.8 Å². The van der Waals surface area contributed by atoms with Crippen LogP contribution in [0.3, 0.4) is 0 Å². The number of nitrogens with two attached hydrogens (primary N) is 1. The van der Waals surface area contributed by atoms with Crippen LogP contribution in [0.1, 0.15) is 29.7 Å². The number of benzene rings is 1. The van der Waals surface area contributed by atoms with Gasteiger partial charge in [-0.25, -0.2) is 8.42 Å². The van der Waals surface area contributed by atoms with E-state index in [1.165, 1.54) is 0 Å². The molecule has 0 fully saturated rings. The predicted octanol–water partition coefficient (Wildman–Crippen LogP) is 1.73. The fourth-order valence-electron chi connectivity index (χ4n) is 2.50. The second-order valence-electron chi connectivity index (χ2n) is 4.78. The molecule has 16 heavy (non-hydrogen) atoms. The largest absolute Gasteiger partial charge is 0.324 e. The molecule has 0 radical (unpaired) electrons. The van der Waals surface area contributed by atoms with E-state index in [9.17, 15) is 8.42 Å². The Morgan fingerprint density at radius 2 is 1.94 bits per heavy atom. The Morgan fingerprint density at radius 1 is 1.31 bits per heavy atom. The Labute approximate surface area is 96.6 Å². The van der Waals surface area contributed by atoms with E-state index in [1.54, 1.807) is 0 Å². The topological polar surface area (TPSA) is 60.2 Å². The van der Waals surface area contributed by atoms with Crippen molar-refractivity contribution in [1.82, 2.24) is 0 Å². The molecule has 2 atom stereocenters. The number of hydrogen-bond acceptors (Lipinski definition) is 3. The van der Waals surface area contributed by atoms with Gasteiger partial charge in [-0.15, -0.1) is 0 Å². The minimum absolute atomic E-state index is 0.0151. The molecule has 0 bridgehead atoms. The lowest BCUT2D eigenvalue weighted by atomic mass is 9.93. The van der Waals surface area contributed by atoms with Crippen LogP contribution in [0.4, 0.5) is 0 Å². The van der Waals surface area contributed by atoms with Gasteiger partial charge >= 0.3 is 0 Å². The lowest BCUT2D eigenvalue weighted by molar-refractivity contribution is 0.477. The third kappa shape index (κ3) is 1.66. The van der Waals surface area contributed by atoms with Crippen LogP contribution >= 0.6 is 0 Å². The zero-order valence-electron chi connectivity index (χ0n) is 9.82. The van der Waals surface area contributed by atoms with Crippen LogP contribution in [-0.4, -0.2) is 14.2 Å². The van der Waals surface area contributed by atoms with Crippen LogP contribution in [0.5, 0.6) is 0 Å². The van der Waals surface area contributed by atoms with Gasteiger partial charge in [0.25, 0.3) is 0 Å². The highest BCUT2D eigenvalue weighted by Crippen LogP contribution is 2.36. The summed E-state index contributed by atoms with van der Waals surface area (Å²) in [5.74, 6) is 0.143. The standard InChI is InChI=1S/C12H17NO2S/c1-7-4-8(2)12-10(5-7)11(13)9(3)6-16(12,14)15/h4-5,9,11H,6,13H2,1-3H3. The number of hydrogen-bond donors (Lipinski definition) is 1. The first-order valence-electron chi connectivity index (χ1n) is 5.42. The van der Waals surface area contributed by atoms with Gasteiger partial charge in [-0.05, 0) is 30.9 Å². The van der Waals surface area contributed by atoms with E-state index >= 15 is 0 Å². The van der Waals surface area contributed by atoms with Crippen LogP contribution in [0.2, 0.25) is 0 Å². The summed E-state index contributed by atoms with van der Waals surface area (Å²) >= 11 is 0. The first kappa shape index (κ1) is 11.6. The normalized spacial score (nSPS) is 27.5. The summed E-state index contributed by atoms with van der Waals surface area (Å²) in [6.45, 7) is 5.70. The van der Waals surface area contributed by atoms with E-state index in [1.807, 2.05) is 32.9 Å². The zero-order valence-corrected chi connectivity index (χ0v) is 10.6. The van der Waals surface area contributed by atoms with Crippen molar-refractivity contribution >= 4 is 9.84 Å². The molecule has 2 rings (SSSR count). The van der Waals surface area contributed by atoms with Crippen molar-refractivity contribution in [3.63, 3.8) is 0 Å². The van der Waals surface area contributed by atoms with Crippen molar-refractivity contribution in [2.45, 2.75) is 31.7 Å². The molecule has 1 aliphatic rings. The van der Waals surface area contributed by atoms with Gasteiger partial charge in [0, 0.05) is 6.04 Å². The number of fused-ring (bicyclic) bond motifs is 1. The predicted molar refractivity (Wildman–Crippen MR) is 64.1 cm³/mol. The van der Waals surface area contributed by atoms with E-state index < -0.39 is 9.84 Å². The van der Waals surface area contributed by atoms with E-state index in [0.29, 0.717) is 4.90 Å². The summed E-state index contributed by atoms with van der Waals surface area (Å²) in [6.07, 6.45) is 0. The highest BCUT2D eigenvalue weighted by Gasteiger charge is 2.34. The Bertz CT molecular complexity index is 534. The zero-order chi connectivity index (χ0) is 12.1. The molecule has 0 aromatic heterocycles. The SMILES string of the molecule is Cc1cc(C)c2c(c1)C(N)C(C)CS2(=O)=O. The van der Waals surface area contributed by atoms with E-state index in [4.69, 9.17) is 5.73 Å². The highest BCUT2D eigenvalue weighted by atomic mass is 32.2. The molecule has 0 aliphatic carbocycles. The molecular formula is C12H17NO2S. The molecule has 3 nitrogen and oxygen atoms in total. The average molecular weight is 239 g/mol. The fraction of sp³-hybridized carbons (Fsp3) is 0.500. The monoisotopic (exact) mass is 239 g/mol. The van der Waals surface area contributed by atoms with Gasteiger partial charge in [-0.3, -0.25) is 0 Å².